The molecule has 1 heterocycles. The van der Waals surface area contributed by atoms with Gasteiger partial charge in [-0.3, -0.25) is 0 Å². The third-order valence-electron chi connectivity index (χ3n) is 3.57. The second kappa shape index (κ2) is 4.52. The van der Waals surface area contributed by atoms with E-state index in [2.05, 4.69) is 48.9 Å². The summed E-state index contributed by atoms with van der Waals surface area (Å²) in [6, 6.07) is 14.5. The Balaban J connectivity index is 2.25. The largest absolute Gasteiger partial charge is 0.327 e. The van der Waals surface area contributed by atoms with Gasteiger partial charge in [0.1, 0.15) is 5.82 Å². The maximum Gasteiger partial charge on any atom is 0.141 e. The van der Waals surface area contributed by atoms with Crippen molar-refractivity contribution in [3.63, 3.8) is 0 Å². The molecule has 0 spiro atoms. The van der Waals surface area contributed by atoms with Crippen LogP contribution in [0, 0.1) is 6.92 Å². The van der Waals surface area contributed by atoms with Crippen LogP contribution in [0.1, 0.15) is 11.1 Å². The Bertz CT molecular complexity index is 741. The molecular formula is C16H17N3. The topological polar surface area (TPSA) is 43.8 Å². The van der Waals surface area contributed by atoms with E-state index in [1.165, 1.54) is 11.1 Å². The Morgan fingerprint density at radius 1 is 1.16 bits per heavy atom. The molecule has 0 radical (unpaired) electrons. The van der Waals surface area contributed by atoms with Crippen LogP contribution in [0.25, 0.3) is 22.4 Å². The first-order chi connectivity index (χ1) is 9.20. The number of fused-ring (bicyclic) bond motifs is 1. The lowest BCUT2D eigenvalue weighted by atomic mass is 10.1. The lowest BCUT2D eigenvalue weighted by Crippen LogP contribution is -1.96. The van der Waals surface area contributed by atoms with Gasteiger partial charge in [-0.15, -0.1) is 0 Å². The highest BCUT2D eigenvalue weighted by Gasteiger charge is 2.11. The summed E-state index contributed by atoms with van der Waals surface area (Å²) in [6.45, 7) is 2.66. The first kappa shape index (κ1) is 11.9. The normalized spacial score (nSPS) is 11.1. The van der Waals surface area contributed by atoms with Gasteiger partial charge < -0.3 is 10.3 Å². The van der Waals surface area contributed by atoms with Crippen LogP contribution in [-0.4, -0.2) is 9.55 Å². The Labute approximate surface area is 112 Å². The van der Waals surface area contributed by atoms with Crippen LogP contribution >= 0.6 is 0 Å². The van der Waals surface area contributed by atoms with E-state index >= 15 is 0 Å². The molecule has 2 aromatic carbocycles. The zero-order chi connectivity index (χ0) is 13.4. The number of nitrogens with zero attached hydrogens (tertiary/aromatic N) is 2. The smallest absolute Gasteiger partial charge is 0.141 e. The number of hydrogen-bond acceptors (Lipinski definition) is 2. The fourth-order valence-corrected chi connectivity index (χ4v) is 2.44. The Morgan fingerprint density at radius 2 is 1.95 bits per heavy atom. The molecule has 3 rings (SSSR count). The quantitative estimate of drug-likeness (QED) is 0.761. The highest BCUT2D eigenvalue weighted by atomic mass is 15.1. The van der Waals surface area contributed by atoms with Gasteiger partial charge in [0.15, 0.2) is 0 Å². The molecule has 0 fully saturated rings. The molecule has 0 amide bonds. The summed E-state index contributed by atoms with van der Waals surface area (Å²) in [5.74, 6) is 1.00. The molecule has 1 aromatic heterocycles. The minimum Gasteiger partial charge on any atom is -0.327 e. The third-order valence-corrected chi connectivity index (χ3v) is 3.57. The molecule has 3 aromatic rings. The summed E-state index contributed by atoms with van der Waals surface area (Å²) in [5, 5.41) is 0. The standard InChI is InChI=1S/C16H17N3/c1-11-5-3-4-6-13(11)16-18-14-9-12(10-17)7-8-15(14)19(16)2/h3-9H,10,17H2,1-2H3. The van der Waals surface area contributed by atoms with E-state index in [1.54, 1.807) is 0 Å². The second-order valence-electron chi connectivity index (χ2n) is 4.84. The van der Waals surface area contributed by atoms with Crippen molar-refractivity contribution < 1.29 is 0 Å². The van der Waals surface area contributed by atoms with Crippen LogP contribution in [0.15, 0.2) is 42.5 Å². The highest BCUT2D eigenvalue weighted by molar-refractivity contribution is 5.81. The molecule has 3 heteroatoms. The molecule has 3 nitrogen and oxygen atoms in total. The van der Waals surface area contributed by atoms with Gasteiger partial charge in [-0.25, -0.2) is 4.98 Å². The SMILES string of the molecule is Cc1ccccc1-c1nc2cc(CN)ccc2n1C. The van der Waals surface area contributed by atoms with Gasteiger partial charge in [0.05, 0.1) is 11.0 Å². The highest BCUT2D eigenvalue weighted by Crippen LogP contribution is 2.26. The van der Waals surface area contributed by atoms with Crippen LogP contribution in [0.4, 0.5) is 0 Å². The molecule has 0 saturated carbocycles. The summed E-state index contributed by atoms with van der Waals surface area (Å²) >= 11 is 0. The molecule has 96 valence electrons. The van der Waals surface area contributed by atoms with Crippen molar-refractivity contribution in [1.82, 2.24) is 9.55 Å². The summed E-state index contributed by atoms with van der Waals surface area (Å²) in [7, 11) is 2.05. The van der Waals surface area contributed by atoms with Crippen molar-refractivity contribution in [2.75, 3.05) is 0 Å². The summed E-state index contributed by atoms with van der Waals surface area (Å²) in [4.78, 5) is 4.76. The van der Waals surface area contributed by atoms with Gasteiger partial charge in [0.2, 0.25) is 0 Å². The lowest BCUT2D eigenvalue weighted by Gasteiger charge is -2.05. The summed E-state index contributed by atoms with van der Waals surface area (Å²) in [6.07, 6.45) is 0. The van der Waals surface area contributed by atoms with Gasteiger partial charge in [-0.05, 0) is 30.2 Å². The van der Waals surface area contributed by atoms with E-state index in [0.29, 0.717) is 6.54 Å². The monoisotopic (exact) mass is 251 g/mol. The predicted molar refractivity (Wildman–Crippen MR) is 78.8 cm³/mol. The van der Waals surface area contributed by atoms with E-state index in [1.807, 2.05) is 12.1 Å². The van der Waals surface area contributed by atoms with Crippen LogP contribution in [0.3, 0.4) is 0 Å². The Morgan fingerprint density at radius 3 is 2.68 bits per heavy atom. The van der Waals surface area contributed by atoms with Crippen molar-refractivity contribution in [3.05, 3.63) is 53.6 Å². The Hall–Kier alpha value is -2.13. The zero-order valence-electron chi connectivity index (χ0n) is 11.2. The van der Waals surface area contributed by atoms with E-state index in [0.717, 1.165) is 22.4 Å². The molecular weight excluding hydrogens is 234 g/mol. The number of imidazole rings is 1. The zero-order valence-corrected chi connectivity index (χ0v) is 11.2. The summed E-state index contributed by atoms with van der Waals surface area (Å²) < 4.78 is 2.14. The molecule has 0 aliphatic heterocycles. The number of hydrogen-bond donors (Lipinski definition) is 1. The minimum atomic E-state index is 0.548. The third kappa shape index (κ3) is 1.92. The maximum absolute atomic E-state index is 5.69. The molecule has 0 bridgehead atoms. The lowest BCUT2D eigenvalue weighted by molar-refractivity contribution is 0.957. The van der Waals surface area contributed by atoms with Crippen LogP contribution < -0.4 is 5.73 Å². The number of benzene rings is 2. The molecule has 0 atom stereocenters. The second-order valence-corrected chi connectivity index (χ2v) is 4.84. The molecule has 2 N–H and O–H groups in total. The van der Waals surface area contributed by atoms with Gasteiger partial charge in [0, 0.05) is 19.2 Å². The fraction of sp³-hybridized carbons (Fsp3) is 0.188. The van der Waals surface area contributed by atoms with E-state index in [-0.39, 0.29) is 0 Å². The van der Waals surface area contributed by atoms with Crippen molar-refractivity contribution in [3.8, 4) is 11.4 Å². The average Bonchev–Trinajstić information content (AvgIpc) is 2.76. The van der Waals surface area contributed by atoms with Gasteiger partial charge in [-0.2, -0.15) is 0 Å². The molecule has 0 aliphatic rings. The van der Waals surface area contributed by atoms with Gasteiger partial charge in [-0.1, -0.05) is 30.3 Å². The maximum atomic E-state index is 5.69. The van der Waals surface area contributed by atoms with Crippen molar-refractivity contribution in [2.45, 2.75) is 13.5 Å². The molecule has 19 heavy (non-hydrogen) atoms. The van der Waals surface area contributed by atoms with Crippen LogP contribution in [-0.2, 0) is 13.6 Å². The number of aromatic nitrogens is 2. The van der Waals surface area contributed by atoms with Gasteiger partial charge in [0.25, 0.3) is 0 Å². The number of aryl methyl sites for hydroxylation is 2. The van der Waals surface area contributed by atoms with E-state index in [9.17, 15) is 0 Å². The number of nitrogens with two attached hydrogens (primary N) is 1. The van der Waals surface area contributed by atoms with Crippen molar-refractivity contribution >= 4 is 11.0 Å². The molecule has 0 unspecified atom stereocenters. The van der Waals surface area contributed by atoms with E-state index < -0.39 is 0 Å². The predicted octanol–water partition coefficient (Wildman–Crippen LogP) is 3.01. The summed E-state index contributed by atoms with van der Waals surface area (Å²) in [5.41, 5.74) is 11.3. The average molecular weight is 251 g/mol. The van der Waals surface area contributed by atoms with E-state index in [4.69, 9.17) is 10.7 Å². The fourth-order valence-electron chi connectivity index (χ4n) is 2.44. The molecule has 0 aliphatic carbocycles. The van der Waals surface area contributed by atoms with Gasteiger partial charge >= 0.3 is 0 Å². The minimum absolute atomic E-state index is 0.548. The van der Waals surface area contributed by atoms with Crippen LogP contribution in [0.5, 0.6) is 0 Å². The van der Waals surface area contributed by atoms with Crippen molar-refractivity contribution in [2.24, 2.45) is 12.8 Å². The first-order valence-corrected chi connectivity index (χ1v) is 6.42. The Kier molecular flexibility index (Phi) is 2.84. The number of rotatable bonds is 2. The van der Waals surface area contributed by atoms with Crippen LogP contribution in [0.2, 0.25) is 0 Å². The molecule has 0 saturated heterocycles. The van der Waals surface area contributed by atoms with Crippen molar-refractivity contribution in [1.29, 1.82) is 0 Å². The first-order valence-electron chi connectivity index (χ1n) is 6.42.